The Balaban J connectivity index is 2.56. The Bertz CT molecular complexity index is 341. The number of halogens is 1. The average Bonchev–Trinajstić information content (AvgIpc) is 2.49. The predicted molar refractivity (Wildman–Crippen MR) is 59.7 cm³/mol. The van der Waals surface area contributed by atoms with Crippen LogP contribution in [-0.4, -0.2) is 37.2 Å². The van der Waals surface area contributed by atoms with Gasteiger partial charge in [-0.3, -0.25) is 4.79 Å². The molecule has 0 spiro atoms. The Morgan fingerprint density at radius 1 is 1.47 bits per heavy atom. The van der Waals surface area contributed by atoms with Crippen molar-refractivity contribution in [3.63, 3.8) is 0 Å². The summed E-state index contributed by atoms with van der Waals surface area (Å²) in [4.78, 5) is 11.5. The smallest absolute Gasteiger partial charge is 0.238 e. The number of sulfone groups is 1. The van der Waals surface area contributed by atoms with Gasteiger partial charge in [-0.25, -0.2) is 8.42 Å². The highest BCUT2D eigenvalue weighted by Crippen LogP contribution is 2.24. The molecule has 1 N–H and O–H groups in total. The van der Waals surface area contributed by atoms with Crippen molar-refractivity contribution >= 4 is 27.3 Å². The van der Waals surface area contributed by atoms with Crippen molar-refractivity contribution in [3.05, 3.63) is 0 Å². The summed E-state index contributed by atoms with van der Waals surface area (Å²) in [6.45, 7) is 1.39. The van der Waals surface area contributed by atoms with Crippen LogP contribution in [0.25, 0.3) is 0 Å². The first kappa shape index (κ1) is 12.8. The molecule has 0 saturated heterocycles. The number of rotatable bonds is 3. The zero-order chi connectivity index (χ0) is 11.6. The molecular weight excluding hydrogens is 238 g/mol. The third-order valence-corrected chi connectivity index (χ3v) is 4.79. The number of hydrogen-bond acceptors (Lipinski definition) is 3. The Hall–Kier alpha value is -0.290. The third-order valence-electron chi connectivity index (χ3n) is 2.77. The van der Waals surface area contributed by atoms with Crippen molar-refractivity contribution in [2.45, 2.75) is 42.9 Å². The lowest BCUT2D eigenvalue weighted by Crippen LogP contribution is -2.44. The minimum Gasteiger partial charge on any atom is -0.351 e. The lowest BCUT2D eigenvalue weighted by molar-refractivity contribution is -0.121. The second kappa shape index (κ2) is 4.70. The van der Waals surface area contributed by atoms with Crippen LogP contribution in [0, 0.1) is 0 Å². The molecule has 1 fully saturated rings. The molecule has 4 nitrogen and oxygen atoms in total. The number of nitrogens with one attached hydrogen (secondary N) is 1. The fraction of sp³-hybridized carbons (Fsp3) is 0.889. The fourth-order valence-electron chi connectivity index (χ4n) is 1.57. The molecule has 1 aliphatic rings. The van der Waals surface area contributed by atoms with E-state index in [1.54, 1.807) is 0 Å². The van der Waals surface area contributed by atoms with Crippen molar-refractivity contribution in [2.24, 2.45) is 0 Å². The van der Waals surface area contributed by atoms with Gasteiger partial charge in [0, 0.05) is 12.3 Å². The zero-order valence-electron chi connectivity index (χ0n) is 8.86. The van der Waals surface area contributed by atoms with E-state index in [0.29, 0.717) is 0 Å². The molecule has 1 saturated carbocycles. The van der Waals surface area contributed by atoms with E-state index in [1.165, 1.54) is 6.92 Å². The molecule has 0 radical (unpaired) electrons. The molecule has 1 aliphatic carbocycles. The van der Waals surface area contributed by atoms with Gasteiger partial charge in [0.1, 0.15) is 5.25 Å². The highest BCUT2D eigenvalue weighted by atomic mass is 35.5. The Morgan fingerprint density at radius 3 is 2.47 bits per heavy atom. The number of carbonyl (C=O) groups excluding carboxylic acids is 1. The number of alkyl halides is 1. The first-order valence-corrected chi connectivity index (χ1v) is 7.35. The molecule has 0 heterocycles. The van der Waals surface area contributed by atoms with E-state index in [2.05, 4.69) is 5.32 Å². The van der Waals surface area contributed by atoms with Crippen molar-refractivity contribution < 1.29 is 13.2 Å². The molecule has 88 valence electrons. The predicted octanol–water partition coefficient (Wildman–Crippen LogP) is 0.696. The molecular formula is C9H16ClNO3S. The van der Waals surface area contributed by atoms with Crippen LogP contribution < -0.4 is 5.32 Å². The van der Waals surface area contributed by atoms with E-state index in [0.717, 1.165) is 25.5 Å². The van der Waals surface area contributed by atoms with Crippen molar-refractivity contribution in [1.82, 2.24) is 5.32 Å². The molecule has 0 aliphatic heterocycles. The summed E-state index contributed by atoms with van der Waals surface area (Å²) in [5.74, 6) is -0.449. The molecule has 15 heavy (non-hydrogen) atoms. The molecule has 6 heteroatoms. The van der Waals surface area contributed by atoms with Gasteiger partial charge >= 0.3 is 0 Å². The van der Waals surface area contributed by atoms with E-state index >= 15 is 0 Å². The molecule has 0 aromatic rings. The summed E-state index contributed by atoms with van der Waals surface area (Å²) in [6.07, 6.45) is 3.74. The van der Waals surface area contributed by atoms with Crippen LogP contribution in [-0.2, 0) is 14.6 Å². The molecule has 1 rings (SSSR count). The average molecular weight is 254 g/mol. The number of amides is 1. The van der Waals surface area contributed by atoms with Crippen LogP contribution in [0.2, 0.25) is 0 Å². The standard InChI is InChI=1S/C9H16ClNO3S/c1-6(15(2,13)14)9(12)11-8-5-3-4-7(8)10/h6-8H,3-5H2,1-2H3,(H,11,12). The summed E-state index contributed by atoms with van der Waals surface area (Å²) in [5, 5.41) is 1.62. The first-order valence-electron chi connectivity index (χ1n) is 4.95. The van der Waals surface area contributed by atoms with Gasteiger partial charge in [-0.2, -0.15) is 0 Å². The molecule has 0 aromatic carbocycles. The fourth-order valence-corrected chi connectivity index (χ4v) is 2.37. The maximum absolute atomic E-state index is 11.5. The summed E-state index contributed by atoms with van der Waals surface area (Å²) in [7, 11) is -3.32. The quantitative estimate of drug-likeness (QED) is 0.753. The second-order valence-electron chi connectivity index (χ2n) is 4.03. The highest BCUT2D eigenvalue weighted by molar-refractivity contribution is 7.92. The second-order valence-corrected chi connectivity index (χ2v) is 6.96. The molecule has 0 aromatic heterocycles. The van der Waals surface area contributed by atoms with Gasteiger partial charge in [-0.15, -0.1) is 11.6 Å². The Labute approximate surface area is 95.3 Å². The first-order chi connectivity index (χ1) is 6.82. The Morgan fingerprint density at radius 2 is 2.07 bits per heavy atom. The van der Waals surface area contributed by atoms with Gasteiger partial charge in [0.15, 0.2) is 9.84 Å². The van der Waals surface area contributed by atoms with Crippen LogP contribution in [0.1, 0.15) is 26.2 Å². The summed E-state index contributed by atoms with van der Waals surface area (Å²) in [6, 6.07) is -0.0802. The van der Waals surface area contributed by atoms with E-state index in [4.69, 9.17) is 11.6 Å². The van der Waals surface area contributed by atoms with Crippen LogP contribution in [0.3, 0.4) is 0 Å². The number of hydrogen-bond donors (Lipinski definition) is 1. The summed E-state index contributed by atoms with van der Waals surface area (Å²) >= 11 is 5.98. The topological polar surface area (TPSA) is 63.2 Å². The van der Waals surface area contributed by atoms with Gasteiger partial charge in [0.25, 0.3) is 0 Å². The number of carbonyl (C=O) groups is 1. The minimum absolute atomic E-state index is 0.0688. The lowest BCUT2D eigenvalue weighted by atomic mass is 10.2. The summed E-state index contributed by atoms with van der Waals surface area (Å²) < 4.78 is 22.3. The monoisotopic (exact) mass is 253 g/mol. The van der Waals surface area contributed by atoms with Gasteiger partial charge < -0.3 is 5.32 Å². The highest BCUT2D eigenvalue weighted by Gasteiger charge is 2.30. The molecule has 3 unspecified atom stereocenters. The third kappa shape index (κ3) is 3.34. The van der Waals surface area contributed by atoms with E-state index in [9.17, 15) is 13.2 Å². The molecule has 1 amide bonds. The minimum atomic E-state index is -3.32. The summed E-state index contributed by atoms with van der Waals surface area (Å²) in [5.41, 5.74) is 0. The van der Waals surface area contributed by atoms with Gasteiger partial charge in [0.2, 0.25) is 5.91 Å². The SMILES string of the molecule is CC(C(=O)NC1CCCC1Cl)S(C)(=O)=O. The van der Waals surface area contributed by atoms with Gasteiger partial charge in [-0.05, 0) is 26.2 Å². The van der Waals surface area contributed by atoms with E-state index < -0.39 is 21.0 Å². The largest absolute Gasteiger partial charge is 0.351 e. The zero-order valence-corrected chi connectivity index (χ0v) is 10.4. The maximum atomic E-state index is 11.5. The molecule has 3 atom stereocenters. The van der Waals surface area contributed by atoms with E-state index in [1.807, 2.05) is 0 Å². The van der Waals surface area contributed by atoms with Gasteiger partial charge in [0.05, 0.1) is 5.38 Å². The van der Waals surface area contributed by atoms with Crippen LogP contribution in [0.15, 0.2) is 0 Å². The van der Waals surface area contributed by atoms with Crippen LogP contribution in [0.5, 0.6) is 0 Å². The normalized spacial score (nSPS) is 28.7. The van der Waals surface area contributed by atoms with E-state index in [-0.39, 0.29) is 11.4 Å². The van der Waals surface area contributed by atoms with Gasteiger partial charge in [-0.1, -0.05) is 0 Å². The van der Waals surface area contributed by atoms with Crippen molar-refractivity contribution in [2.75, 3.05) is 6.26 Å². The maximum Gasteiger partial charge on any atom is 0.238 e. The van der Waals surface area contributed by atoms with Crippen molar-refractivity contribution in [3.8, 4) is 0 Å². The Kier molecular flexibility index (Phi) is 4.00. The lowest BCUT2D eigenvalue weighted by Gasteiger charge is -2.18. The van der Waals surface area contributed by atoms with Crippen LogP contribution >= 0.6 is 11.6 Å². The van der Waals surface area contributed by atoms with Crippen LogP contribution in [0.4, 0.5) is 0 Å². The van der Waals surface area contributed by atoms with Crippen molar-refractivity contribution in [1.29, 1.82) is 0 Å². The molecule has 0 bridgehead atoms.